The van der Waals surface area contributed by atoms with E-state index in [4.69, 9.17) is 5.11 Å². The minimum absolute atomic E-state index is 0.0279. The number of phenolic OH excluding ortho intramolecular Hbond substituents is 1. The van der Waals surface area contributed by atoms with Crippen LogP contribution in [0.1, 0.15) is 11.1 Å². The van der Waals surface area contributed by atoms with E-state index >= 15 is 0 Å². The van der Waals surface area contributed by atoms with Crippen molar-refractivity contribution in [2.24, 2.45) is 0 Å². The van der Waals surface area contributed by atoms with Crippen LogP contribution in [0.2, 0.25) is 0 Å². The maximum atomic E-state index is 13.1. The summed E-state index contributed by atoms with van der Waals surface area (Å²) in [4.78, 5) is 0. The molecule has 0 heterocycles. The number of rotatable bonds is 3. The van der Waals surface area contributed by atoms with Crippen molar-refractivity contribution in [1.82, 2.24) is 0 Å². The van der Waals surface area contributed by atoms with Gasteiger partial charge in [-0.1, -0.05) is 6.07 Å². The second-order valence-corrected chi connectivity index (χ2v) is 4.33. The van der Waals surface area contributed by atoms with Crippen molar-refractivity contribution in [3.8, 4) is 5.75 Å². The van der Waals surface area contributed by atoms with E-state index in [1.54, 1.807) is 0 Å². The van der Waals surface area contributed by atoms with Crippen LogP contribution >= 0.6 is 0 Å². The molecule has 0 radical (unpaired) electrons. The lowest BCUT2D eigenvalue weighted by molar-refractivity contribution is -0.139. The maximum Gasteiger partial charge on any atom is 0.419 e. The van der Waals surface area contributed by atoms with Gasteiger partial charge in [-0.2, -0.15) is 13.2 Å². The molecule has 2 N–H and O–H groups in total. The molecule has 0 aliphatic carbocycles. The zero-order valence-electron chi connectivity index (χ0n) is 10.5. The molecule has 2 nitrogen and oxygen atoms in total. The van der Waals surface area contributed by atoms with Gasteiger partial charge in [0.25, 0.3) is 0 Å². The Morgan fingerprint density at radius 1 is 0.952 bits per heavy atom. The Hall–Kier alpha value is -2.31. The Morgan fingerprint density at radius 2 is 1.67 bits per heavy atom. The third-order valence-electron chi connectivity index (χ3n) is 2.78. The standard InChI is InChI=1S/C14H10F5NO/c15-11-3-2-9(6-10(11)14(17,18)19)20-7-8-1-4-13(21)12(16)5-8/h1-6,20-21H,7H2. The third-order valence-corrected chi connectivity index (χ3v) is 2.78. The highest BCUT2D eigenvalue weighted by Gasteiger charge is 2.34. The summed E-state index contributed by atoms with van der Waals surface area (Å²) in [6, 6.07) is 6.12. The third kappa shape index (κ3) is 3.62. The van der Waals surface area contributed by atoms with E-state index in [9.17, 15) is 22.0 Å². The topological polar surface area (TPSA) is 32.3 Å². The second-order valence-electron chi connectivity index (χ2n) is 4.33. The highest BCUT2D eigenvalue weighted by Crippen LogP contribution is 2.33. The molecule has 0 saturated heterocycles. The number of anilines is 1. The Kier molecular flexibility index (Phi) is 4.02. The minimum Gasteiger partial charge on any atom is -0.505 e. The van der Waals surface area contributed by atoms with Crippen LogP contribution in [0.3, 0.4) is 0 Å². The smallest absolute Gasteiger partial charge is 0.419 e. The van der Waals surface area contributed by atoms with E-state index in [0.717, 1.165) is 18.2 Å². The Labute approximate surface area is 116 Å². The largest absolute Gasteiger partial charge is 0.505 e. The summed E-state index contributed by atoms with van der Waals surface area (Å²) in [6.45, 7) is 0.0279. The molecule has 0 aliphatic rings. The second kappa shape index (κ2) is 5.59. The van der Waals surface area contributed by atoms with Gasteiger partial charge in [-0.3, -0.25) is 0 Å². The molecule has 0 atom stereocenters. The van der Waals surface area contributed by atoms with Crippen LogP contribution in [-0.2, 0) is 12.7 Å². The summed E-state index contributed by atoms with van der Waals surface area (Å²) in [5.74, 6) is -2.70. The van der Waals surface area contributed by atoms with Crippen molar-refractivity contribution in [1.29, 1.82) is 0 Å². The molecule has 0 aromatic heterocycles. The van der Waals surface area contributed by atoms with Crippen molar-refractivity contribution in [2.45, 2.75) is 12.7 Å². The minimum atomic E-state index is -4.79. The summed E-state index contributed by atoms with van der Waals surface area (Å²) in [7, 11) is 0. The van der Waals surface area contributed by atoms with E-state index in [1.807, 2.05) is 0 Å². The molecular formula is C14H10F5NO. The first-order chi connectivity index (χ1) is 9.77. The molecule has 0 saturated carbocycles. The highest BCUT2D eigenvalue weighted by atomic mass is 19.4. The number of halogens is 5. The average Bonchev–Trinajstić information content (AvgIpc) is 2.40. The van der Waals surface area contributed by atoms with Crippen LogP contribution in [0.15, 0.2) is 36.4 Å². The summed E-state index contributed by atoms with van der Waals surface area (Å²) in [6.07, 6.45) is -4.79. The van der Waals surface area contributed by atoms with Crippen molar-refractivity contribution in [3.05, 3.63) is 59.2 Å². The van der Waals surface area contributed by atoms with E-state index in [-0.39, 0.29) is 12.2 Å². The van der Waals surface area contributed by atoms with Gasteiger partial charge in [0.2, 0.25) is 0 Å². The van der Waals surface area contributed by atoms with Gasteiger partial charge >= 0.3 is 6.18 Å². The number of phenols is 1. The fourth-order valence-electron chi connectivity index (χ4n) is 1.72. The van der Waals surface area contributed by atoms with Gasteiger partial charge in [-0.05, 0) is 35.9 Å². The molecule has 0 fully saturated rings. The zero-order chi connectivity index (χ0) is 15.6. The Bertz CT molecular complexity index is 654. The molecule has 0 aliphatic heterocycles. The number of alkyl halides is 3. The monoisotopic (exact) mass is 303 g/mol. The summed E-state index contributed by atoms with van der Waals surface area (Å²) in [5, 5.41) is 11.7. The van der Waals surface area contributed by atoms with Crippen molar-refractivity contribution in [2.75, 3.05) is 5.32 Å². The van der Waals surface area contributed by atoms with Crippen molar-refractivity contribution < 1.29 is 27.1 Å². The lowest BCUT2D eigenvalue weighted by atomic mass is 10.1. The van der Waals surface area contributed by atoms with E-state index in [0.29, 0.717) is 17.7 Å². The molecule has 0 bridgehead atoms. The number of benzene rings is 2. The predicted molar refractivity (Wildman–Crippen MR) is 66.8 cm³/mol. The molecule has 2 rings (SSSR count). The van der Waals surface area contributed by atoms with Gasteiger partial charge in [0, 0.05) is 12.2 Å². The van der Waals surface area contributed by atoms with E-state index in [2.05, 4.69) is 5.32 Å². The van der Waals surface area contributed by atoms with Gasteiger partial charge in [0.1, 0.15) is 5.82 Å². The molecular weight excluding hydrogens is 293 g/mol. The van der Waals surface area contributed by atoms with E-state index < -0.39 is 29.1 Å². The number of aromatic hydroxyl groups is 1. The summed E-state index contributed by atoms with van der Waals surface area (Å²) >= 11 is 0. The Balaban J connectivity index is 2.15. The van der Waals surface area contributed by atoms with Crippen LogP contribution in [0, 0.1) is 11.6 Å². The van der Waals surface area contributed by atoms with E-state index in [1.165, 1.54) is 6.07 Å². The fraction of sp³-hybridized carbons (Fsp3) is 0.143. The lowest BCUT2D eigenvalue weighted by Crippen LogP contribution is -2.09. The quantitative estimate of drug-likeness (QED) is 0.829. The van der Waals surface area contributed by atoms with Crippen LogP contribution in [0.5, 0.6) is 5.75 Å². The van der Waals surface area contributed by atoms with Crippen molar-refractivity contribution >= 4 is 5.69 Å². The molecule has 0 amide bonds. The van der Waals surface area contributed by atoms with Crippen LogP contribution in [0.4, 0.5) is 27.6 Å². The van der Waals surface area contributed by atoms with Gasteiger partial charge in [0.15, 0.2) is 11.6 Å². The van der Waals surface area contributed by atoms with Crippen molar-refractivity contribution in [3.63, 3.8) is 0 Å². The first-order valence-corrected chi connectivity index (χ1v) is 5.85. The van der Waals surface area contributed by atoms with Gasteiger partial charge < -0.3 is 10.4 Å². The molecule has 112 valence electrons. The van der Waals surface area contributed by atoms with Crippen LogP contribution in [0.25, 0.3) is 0 Å². The maximum absolute atomic E-state index is 13.1. The number of hydrogen-bond donors (Lipinski definition) is 2. The van der Waals surface area contributed by atoms with Crippen LogP contribution < -0.4 is 5.32 Å². The average molecular weight is 303 g/mol. The van der Waals surface area contributed by atoms with Gasteiger partial charge in [-0.15, -0.1) is 0 Å². The summed E-state index contributed by atoms with van der Waals surface area (Å²) in [5.41, 5.74) is -0.898. The molecule has 21 heavy (non-hydrogen) atoms. The van der Waals surface area contributed by atoms with Gasteiger partial charge in [0.05, 0.1) is 5.56 Å². The first-order valence-electron chi connectivity index (χ1n) is 5.85. The zero-order valence-corrected chi connectivity index (χ0v) is 10.5. The summed E-state index contributed by atoms with van der Waals surface area (Å²) < 4.78 is 63.8. The molecule has 2 aromatic carbocycles. The predicted octanol–water partition coefficient (Wildman–Crippen LogP) is 4.30. The number of nitrogens with one attached hydrogen (secondary N) is 1. The SMILES string of the molecule is Oc1ccc(CNc2ccc(F)c(C(F)(F)F)c2)cc1F. The molecule has 0 unspecified atom stereocenters. The highest BCUT2D eigenvalue weighted by molar-refractivity contribution is 5.47. The lowest BCUT2D eigenvalue weighted by Gasteiger charge is -2.12. The Morgan fingerprint density at radius 3 is 2.29 bits per heavy atom. The molecule has 2 aromatic rings. The first kappa shape index (κ1) is 15.1. The molecule has 7 heteroatoms. The normalized spacial score (nSPS) is 11.5. The number of hydrogen-bond acceptors (Lipinski definition) is 2. The molecule has 0 spiro atoms. The fourth-order valence-corrected chi connectivity index (χ4v) is 1.72. The van der Waals surface area contributed by atoms with Gasteiger partial charge in [-0.25, -0.2) is 8.78 Å². The van der Waals surface area contributed by atoms with Crippen LogP contribution in [-0.4, -0.2) is 5.11 Å².